The van der Waals surface area contributed by atoms with Crippen molar-refractivity contribution >= 4 is 14.4 Å². The number of hydrogen-bond donors (Lipinski definition) is 1. The largest absolute Gasteiger partial charge is 0.434 e. The van der Waals surface area contributed by atoms with Gasteiger partial charge in [0.05, 0.1) is 6.10 Å². The summed E-state index contributed by atoms with van der Waals surface area (Å²) in [5.41, 5.74) is 5.09. The molecule has 1 aromatic heterocycles. The number of primary amides is 1. The standard InChI is InChI=1S/C12H23N3O4Si/c1-8(19-20(5,6)12(2,3)4)9(18-11(13)16)10-15-14-7-17-10/h7-9H,1-6H3,(H2,13,16)/t8-,9+/m1/s1. The molecule has 0 unspecified atom stereocenters. The molecule has 8 heteroatoms. The van der Waals surface area contributed by atoms with Gasteiger partial charge < -0.3 is 19.3 Å². The topological polar surface area (TPSA) is 100 Å². The van der Waals surface area contributed by atoms with E-state index in [1.54, 1.807) is 6.92 Å². The van der Waals surface area contributed by atoms with Crippen LogP contribution in [0, 0.1) is 0 Å². The summed E-state index contributed by atoms with van der Waals surface area (Å²) in [5, 5.41) is 7.39. The number of ether oxygens (including phenoxy) is 1. The van der Waals surface area contributed by atoms with E-state index in [1.807, 2.05) is 0 Å². The molecule has 114 valence electrons. The number of carbonyl (C=O) groups excluding carboxylic acids is 1. The molecule has 7 nitrogen and oxygen atoms in total. The van der Waals surface area contributed by atoms with Crippen LogP contribution in [-0.2, 0) is 9.16 Å². The highest BCUT2D eigenvalue weighted by Gasteiger charge is 2.41. The third-order valence-corrected chi connectivity index (χ3v) is 8.15. The van der Waals surface area contributed by atoms with Gasteiger partial charge in [-0.3, -0.25) is 0 Å². The van der Waals surface area contributed by atoms with Gasteiger partial charge in [0.25, 0.3) is 5.89 Å². The molecular formula is C12H23N3O4Si. The van der Waals surface area contributed by atoms with E-state index >= 15 is 0 Å². The Balaban J connectivity index is 2.90. The molecule has 1 rings (SSSR count). The zero-order valence-corrected chi connectivity index (χ0v) is 13.8. The molecule has 0 aliphatic carbocycles. The Bertz CT molecular complexity index is 442. The highest BCUT2D eigenvalue weighted by Crippen LogP contribution is 2.39. The molecular weight excluding hydrogens is 278 g/mol. The lowest BCUT2D eigenvalue weighted by Gasteiger charge is -2.39. The van der Waals surface area contributed by atoms with Crippen LogP contribution in [0.5, 0.6) is 0 Å². The maximum atomic E-state index is 11.0. The Morgan fingerprint density at radius 3 is 2.45 bits per heavy atom. The quantitative estimate of drug-likeness (QED) is 0.839. The fourth-order valence-corrected chi connectivity index (χ4v) is 2.89. The van der Waals surface area contributed by atoms with Gasteiger partial charge in [-0.15, -0.1) is 10.2 Å². The Kier molecular flexibility index (Phi) is 4.93. The van der Waals surface area contributed by atoms with Crippen LogP contribution >= 0.6 is 0 Å². The number of hydrogen-bond acceptors (Lipinski definition) is 6. The number of amides is 1. The van der Waals surface area contributed by atoms with Crippen LogP contribution in [0.3, 0.4) is 0 Å². The van der Waals surface area contributed by atoms with E-state index in [0.29, 0.717) is 0 Å². The van der Waals surface area contributed by atoms with Gasteiger partial charge in [0, 0.05) is 0 Å². The van der Waals surface area contributed by atoms with Crippen molar-refractivity contribution in [3.05, 3.63) is 12.3 Å². The first-order chi connectivity index (χ1) is 9.04. The fraction of sp³-hybridized carbons (Fsp3) is 0.750. The van der Waals surface area contributed by atoms with Crippen LogP contribution in [0.4, 0.5) is 4.79 Å². The molecule has 1 heterocycles. The van der Waals surface area contributed by atoms with Crippen LogP contribution in [0.25, 0.3) is 0 Å². The van der Waals surface area contributed by atoms with Crippen molar-refractivity contribution in [2.75, 3.05) is 0 Å². The molecule has 0 fully saturated rings. The first kappa shape index (κ1) is 16.6. The summed E-state index contributed by atoms with van der Waals surface area (Å²) < 4.78 is 16.3. The second-order valence-electron chi connectivity index (χ2n) is 6.22. The first-order valence-electron chi connectivity index (χ1n) is 6.44. The Morgan fingerprint density at radius 1 is 1.45 bits per heavy atom. The van der Waals surface area contributed by atoms with Crippen molar-refractivity contribution in [1.29, 1.82) is 0 Å². The number of carbonyl (C=O) groups is 1. The van der Waals surface area contributed by atoms with Gasteiger partial charge in [-0.05, 0) is 25.1 Å². The van der Waals surface area contributed by atoms with Gasteiger partial charge >= 0.3 is 6.09 Å². The van der Waals surface area contributed by atoms with E-state index in [4.69, 9.17) is 19.3 Å². The van der Waals surface area contributed by atoms with Crippen molar-refractivity contribution in [1.82, 2.24) is 10.2 Å². The lowest BCUT2D eigenvalue weighted by molar-refractivity contribution is 0.00599. The van der Waals surface area contributed by atoms with Crippen molar-refractivity contribution in [3.8, 4) is 0 Å². The molecule has 0 bridgehead atoms. The molecule has 0 aromatic carbocycles. The van der Waals surface area contributed by atoms with Gasteiger partial charge in [-0.25, -0.2) is 4.79 Å². The van der Waals surface area contributed by atoms with Crippen molar-refractivity contribution in [3.63, 3.8) is 0 Å². The van der Waals surface area contributed by atoms with Gasteiger partial charge in [-0.2, -0.15) is 0 Å². The van der Waals surface area contributed by atoms with Crippen LogP contribution in [0.1, 0.15) is 39.7 Å². The van der Waals surface area contributed by atoms with Crippen LogP contribution in [0.15, 0.2) is 10.8 Å². The predicted octanol–water partition coefficient (Wildman–Crippen LogP) is 2.62. The van der Waals surface area contributed by atoms with Crippen molar-refractivity contribution in [2.45, 2.75) is 58.0 Å². The van der Waals surface area contributed by atoms with Crippen LogP contribution in [-0.4, -0.2) is 30.7 Å². The number of aromatic nitrogens is 2. The molecule has 0 saturated carbocycles. The lowest BCUT2D eigenvalue weighted by Crippen LogP contribution is -2.45. The summed E-state index contributed by atoms with van der Waals surface area (Å²) in [6.07, 6.45) is -0.960. The molecule has 0 saturated heterocycles. The smallest absolute Gasteiger partial charge is 0.405 e. The van der Waals surface area contributed by atoms with Crippen molar-refractivity contribution < 1.29 is 18.4 Å². The minimum Gasteiger partial charge on any atom is -0.434 e. The Hall–Kier alpha value is -1.41. The summed E-state index contributed by atoms with van der Waals surface area (Å²) in [7, 11) is -2.02. The van der Waals surface area contributed by atoms with Crippen LogP contribution < -0.4 is 5.73 Å². The molecule has 0 aliphatic heterocycles. The minimum absolute atomic E-state index is 0.0351. The number of nitrogens with zero attached hydrogens (tertiary/aromatic N) is 2. The average molecular weight is 301 g/mol. The summed E-state index contributed by atoms with van der Waals surface area (Å²) in [4.78, 5) is 11.0. The predicted molar refractivity (Wildman–Crippen MR) is 75.5 cm³/mol. The van der Waals surface area contributed by atoms with Gasteiger partial charge in [-0.1, -0.05) is 20.8 Å². The highest BCUT2D eigenvalue weighted by molar-refractivity contribution is 6.74. The molecule has 0 aliphatic rings. The van der Waals surface area contributed by atoms with E-state index in [0.717, 1.165) is 0 Å². The third-order valence-electron chi connectivity index (χ3n) is 3.58. The molecule has 2 atom stereocenters. The normalized spacial score (nSPS) is 15.7. The van der Waals surface area contributed by atoms with Gasteiger partial charge in [0.1, 0.15) is 0 Å². The van der Waals surface area contributed by atoms with Gasteiger partial charge in [0.15, 0.2) is 8.32 Å². The van der Waals surface area contributed by atoms with E-state index < -0.39 is 26.6 Å². The Morgan fingerprint density at radius 2 is 2.05 bits per heavy atom. The summed E-state index contributed by atoms with van der Waals surface area (Å²) in [6, 6.07) is 0. The van der Waals surface area contributed by atoms with E-state index in [2.05, 4.69) is 44.1 Å². The monoisotopic (exact) mass is 301 g/mol. The second kappa shape index (κ2) is 5.92. The van der Waals surface area contributed by atoms with E-state index in [1.165, 1.54) is 6.39 Å². The third kappa shape index (κ3) is 4.04. The summed E-state index contributed by atoms with van der Waals surface area (Å²) >= 11 is 0. The average Bonchev–Trinajstić information content (AvgIpc) is 2.76. The SMILES string of the molecule is C[C@@H](O[Si](C)(C)C(C)(C)C)[C@H](OC(N)=O)c1nnco1. The summed E-state index contributed by atoms with van der Waals surface area (Å²) in [6.45, 7) is 12.4. The maximum Gasteiger partial charge on any atom is 0.405 e. The molecule has 0 spiro atoms. The fourth-order valence-electron chi connectivity index (χ4n) is 1.48. The zero-order chi connectivity index (χ0) is 15.6. The molecule has 20 heavy (non-hydrogen) atoms. The summed E-state index contributed by atoms with van der Waals surface area (Å²) in [5.74, 6) is 0.176. The maximum absolute atomic E-state index is 11.0. The molecule has 0 radical (unpaired) electrons. The lowest BCUT2D eigenvalue weighted by atomic mass is 10.2. The molecule has 1 aromatic rings. The van der Waals surface area contributed by atoms with Crippen molar-refractivity contribution in [2.24, 2.45) is 5.73 Å². The molecule has 2 N–H and O–H groups in total. The minimum atomic E-state index is -2.02. The first-order valence-corrected chi connectivity index (χ1v) is 9.35. The zero-order valence-electron chi connectivity index (χ0n) is 12.8. The molecule has 1 amide bonds. The van der Waals surface area contributed by atoms with Crippen LogP contribution in [0.2, 0.25) is 18.1 Å². The number of rotatable bonds is 5. The van der Waals surface area contributed by atoms with E-state index in [-0.39, 0.29) is 10.9 Å². The number of nitrogens with two attached hydrogens (primary N) is 1. The van der Waals surface area contributed by atoms with E-state index in [9.17, 15) is 4.79 Å². The van der Waals surface area contributed by atoms with Gasteiger partial charge in [0.2, 0.25) is 12.5 Å². The highest BCUT2D eigenvalue weighted by atomic mass is 28.4. The second-order valence-corrected chi connectivity index (χ2v) is 11.0. The Labute approximate surface area is 120 Å².